The van der Waals surface area contributed by atoms with Crippen LogP contribution in [0.25, 0.3) is 0 Å². The summed E-state index contributed by atoms with van der Waals surface area (Å²) in [6.07, 6.45) is 2.11. The Balaban J connectivity index is 7.88. The van der Waals surface area contributed by atoms with Gasteiger partial charge >= 0.3 is 35.2 Å². The highest BCUT2D eigenvalue weighted by Crippen LogP contribution is 2.37. The molecule has 0 aromatic rings. The van der Waals surface area contributed by atoms with E-state index in [1.807, 2.05) is 19.6 Å². The van der Waals surface area contributed by atoms with Crippen molar-refractivity contribution in [1.82, 2.24) is 0 Å². The number of carbonyl (C=O) groups excluding carboxylic acids is 1. The van der Waals surface area contributed by atoms with E-state index in [0.717, 1.165) is 0 Å². The quantitative estimate of drug-likeness (QED) is 0.0456. The van der Waals surface area contributed by atoms with Gasteiger partial charge in [-0.25, -0.2) is 9.79 Å². The van der Waals surface area contributed by atoms with Gasteiger partial charge in [0.15, 0.2) is 49.9 Å². The van der Waals surface area contributed by atoms with Crippen LogP contribution in [0.2, 0.25) is 144 Å². The zero-order valence-corrected chi connectivity index (χ0v) is 43.2. The van der Waals surface area contributed by atoms with Crippen molar-refractivity contribution in [2.24, 2.45) is 4.99 Å². The molecule has 0 spiro atoms. The first-order valence-corrected chi connectivity index (χ1v) is 45.3. The molecule has 0 unspecified atom stereocenters. The zero-order valence-electron chi connectivity index (χ0n) is 33.2. The van der Waals surface area contributed by atoms with E-state index in [-0.39, 0.29) is 6.54 Å². The Morgan fingerprint density at radius 3 is 0.783 bits per heavy atom. The summed E-state index contributed by atoms with van der Waals surface area (Å²) in [6, 6.07) is 0.310. The molecule has 11 nitrogen and oxygen atoms in total. The summed E-state index contributed by atoms with van der Waals surface area (Å²) in [7, 11) is -27.6. The fraction of sp³-hybridized carbons (Fsp3) is 0.960. The molecule has 0 heterocycles. The van der Waals surface area contributed by atoms with E-state index in [4.69, 9.17) is 37.0 Å². The van der Waals surface area contributed by atoms with E-state index in [1.165, 1.54) is 0 Å². The Morgan fingerprint density at radius 2 is 0.609 bits per heavy atom. The average Bonchev–Trinajstić information content (AvgIpc) is 2.60. The van der Waals surface area contributed by atoms with Gasteiger partial charge in [0.1, 0.15) is 0 Å². The Hall–Kier alpha value is 1.19. The molecule has 0 fully saturated rings. The molecule has 0 amide bonds. The molecule has 0 saturated heterocycles. The van der Waals surface area contributed by atoms with Crippen molar-refractivity contribution in [3.63, 3.8) is 0 Å². The first-order chi connectivity index (χ1) is 19.9. The van der Waals surface area contributed by atoms with Gasteiger partial charge in [0, 0.05) is 25.7 Å². The highest BCUT2D eigenvalue weighted by atomic mass is 28.6. The number of isocyanates is 1. The van der Waals surface area contributed by atoms with Crippen molar-refractivity contribution >= 4 is 91.2 Å². The van der Waals surface area contributed by atoms with Gasteiger partial charge in [0.25, 0.3) is 0 Å². The third-order valence-corrected chi connectivity index (χ3v) is 37.5. The van der Waals surface area contributed by atoms with Gasteiger partial charge in [-0.3, -0.25) is 0 Å². The number of rotatable bonds is 22. The monoisotopic (exact) mass is 823 g/mol. The number of nitrogens with zero attached hydrogens (tertiary/aromatic N) is 1. The van der Waals surface area contributed by atoms with Crippen molar-refractivity contribution < 1.29 is 41.8 Å². The van der Waals surface area contributed by atoms with Crippen LogP contribution in [0.1, 0.15) is 6.42 Å². The Morgan fingerprint density at radius 1 is 0.391 bits per heavy atom. The highest BCUT2D eigenvalue weighted by Gasteiger charge is 2.63. The first kappa shape index (κ1) is 47.2. The van der Waals surface area contributed by atoms with Crippen molar-refractivity contribution in [2.45, 2.75) is 150 Å². The normalized spacial score (nSPS) is 15.2. The maximum atomic E-state index is 11.1. The van der Waals surface area contributed by atoms with Crippen molar-refractivity contribution in [1.29, 1.82) is 0 Å². The molecule has 0 bridgehead atoms. The van der Waals surface area contributed by atoms with E-state index in [1.54, 1.807) is 6.08 Å². The highest BCUT2D eigenvalue weighted by molar-refractivity contribution is 6.95. The molecule has 0 saturated carbocycles. The van der Waals surface area contributed by atoms with Gasteiger partial charge in [-0.2, -0.15) is 0 Å². The summed E-state index contributed by atoms with van der Waals surface area (Å²) in [4.78, 5) is 15.0. The molecular weight excluding hydrogens is 755 g/mol. The van der Waals surface area contributed by atoms with Crippen molar-refractivity contribution in [3.8, 4) is 0 Å². The lowest BCUT2D eigenvalue weighted by molar-refractivity contribution is 0.120. The van der Waals surface area contributed by atoms with Crippen LogP contribution in [0.5, 0.6) is 0 Å². The maximum Gasteiger partial charge on any atom is 0.478 e. The second-order valence-electron chi connectivity index (χ2n) is 17.9. The van der Waals surface area contributed by atoms with Crippen LogP contribution in [-0.2, 0) is 41.8 Å². The molecule has 46 heavy (non-hydrogen) atoms. The van der Waals surface area contributed by atoms with E-state index in [2.05, 4.69) is 123 Å². The fourth-order valence-corrected chi connectivity index (χ4v) is 46.8. The summed E-state index contributed by atoms with van der Waals surface area (Å²) < 4.78 is 63.3. The molecule has 0 radical (unpaired) electrons. The predicted octanol–water partition coefficient (Wildman–Crippen LogP) is 8.52. The Kier molecular flexibility index (Phi) is 17.1. The molecule has 0 N–H and O–H groups in total. The maximum absolute atomic E-state index is 11.1. The van der Waals surface area contributed by atoms with Crippen LogP contribution >= 0.6 is 0 Å². The molecule has 0 rings (SSSR count). The minimum absolute atomic E-state index is 0.237. The molecule has 0 aromatic heterocycles. The van der Waals surface area contributed by atoms with Gasteiger partial charge < -0.3 is 37.0 Å². The number of hydrogen-bond donors (Lipinski definition) is 0. The van der Waals surface area contributed by atoms with Crippen LogP contribution < -0.4 is 0 Å². The molecule has 274 valence electrons. The Bertz CT molecular complexity index is 853. The minimum Gasteiger partial charge on any atom is -0.417 e. The van der Waals surface area contributed by atoms with Crippen molar-refractivity contribution in [2.75, 3.05) is 6.54 Å². The summed E-state index contributed by atoms with van der Waals surface area (Å²) >= 11 is 0. The van der Waals surface area contributed by atoms with Gasteiger partial charge in [-0.15, -0.1) is 0 Å². The van der Waals surface area contributed by atoms with Crippen LogP contribution in [0.3, 0.4) is 0 Å². The third kappa shape index (κ3) is 22.8. The van der Waals surface area contributed by atoms with Crippen LogP contribution in [0.15, 0.2) is 4.99 Å². The molecule has 0 aliphatic carbocycles. The van der Waals surface area contributed by atoms with E-state index in [9.17, 15) is 4.79 Å². The van der Waals surface area contributed by atoms with Gasteiger partial charge in [0.2, 0.25) is 6.08 Å². The first-order valence-electron chi connectivity index (χ1n) is 16.3. The SMILES string of the molecule is C[Si](C)(C)O[Si](C)(O[Si](C)(C)C)O[Si](CCCN=C=O)(O[Si](C)(O[Si](C)(C)C)O[Si](C)(C)C)O[Si](C)(O[Si](C)(C)C)O[Si](C)(C)C. The van der Waals surface area contributed by atoms with Gasteiger partial charge in [0.05, 0.1) is 6.54 Å². The van der Waals surface area contributed by atoms with Gasteiger partial charge in [-0.1, -0.05) is 0 Å². The average molecular weight is 825 g/mol. The molecule has 0 atom stereocenters. The summed E-state index contributed by atoms with van der Waals surface area (Å²) in [6.45, 7) is 44.4. The zero-order chi connectivity index (χ0) is 36.9. The second-order valence-corrected chi connectivity index (χ2v) is 57.7. The Labute approximate surface area is 293 Å². The van der Waals surface area contributed by atoms with Crippen LogP contribution in [0.4, 0.5) is 0 Å². The predicted molar refractivity (Wildman–Crippen MR) is 213 cm³/mol. The lowest BCUT2D eigenvalue weighted by Crippen LogP contribution is -2.71. The molecule has 21 heteroatoms. The fourth-order valence-electron chi connectivity index (χ4n) is 5.01. The minimum atomic E-state index is -3.97. The van der Waals surface area contributed by atoms with E-state index in [0.29, 0.717) is 12.5 Å². The van der Waals surface area contributed by atoms with Gasteiger partial charge in [-0.05, 0) is 124 Å². The number of hydrogen-bond acceptors (Lipinski definition) is 11. The summed E-state index contributed by atoms with van der Waals surface area (Å²) in [5.74, 6) is 0. The number of aliphatic imine (C=N–C) groups is 1. The van der Waals surface area contributed by atoms with Crippen LogP contribution in [-0.4, -0.2) is 97.7 Å². The summed E-state index contributed by atoms with van der Waals surface area (Å²) in [5.41, 5.74) is 0. The van der Waals surface area contributed by atoms with E-state index >= 15 is 0 Å². The molecular formula is C25H69NO10Si10. The standard InChI is InChI=1S/C25H69NO10Si10/c1-37(2,3)28-43(19,29-38(4,5)6)34-46(24-22-23-26-25-27,35-44(20,30-39(7,8)9)31-40(10,11)12)36-45(21,32-41(13,14)15)33-42(16,17)18/h22-24H2,1-21H3. The molecule has 0 aliphatic heterocycles. The summed E-state index contributed by atoms with van der Waals surface area (Å²) in [5, 5.41) is 0. The van der Waals surface area contributed by atoms with Crippen LogP contribution in [0, 0.1) is 0 Å². The van der Waals surface area contributed by atoms with E-state index < -0.39 is 85.1 Å². The topological polar surface area (TPSA) is 113 Å². The lowest BCUT2D eigenvalue weighted by Gasteiger charge is -2.49. The second kappa shape index (κ2) is 16.7. The lowest BCUT2D eigenvalue weighted by atomic mass is 10.5. The third-order valence-electron chi connectivity index (χ3n) is 4.79. The van der Waals surface area contributed by atoms with Crippen molar-refractivity contribution in [3.05, 3.63) is 0 Å². The molecule has 0 aromatic carbocycles. The largest absolute Gasteiger partial charge is 0.478 e. The smallest absolute Gasteiger partial charge is 0.417 e. The molecule has 0 aliphatic rings.